The van der Waals surface area contributed by atoms with Crippen molar-refractivity contribution in [1.29, 1.82) is 0 Å². The third kappa shape index (κ3) is 2.82. The summed E-state index contributed by atoms with van der Waals surface area (Å²) in [6.45, 7) is 8.27. The molecule has 2 unspecified atom stereocenters. The van der Waals surface area contributed by atoms with Crippen molar-refractivity contribution in [2.45, 2.75) is 44.8 Å². The fraction of sp³-hybridized carbons (Fsp3) is 0.571. The second kappa shape index (κ2) is 5.35. The summed E-state index contributed by atoms with van der Waals surface area (Å²) >= 11 is 0. The van der Waals surface area contributed by atoms with Gasteiger partial charge in [0.2, 0.25) is 10.0 Å². The van der Waals surface area contributed by atoms with Crippen LogP contribution in [-0.4, -0.2) is 38.0 Å². The van der Waals surface area contributed by atoms with Gasteiger partial charge in [-0.25, -0.2) is 8.42 Å². The number of morpholine rings is 1. The highest BCUT2D eigenvalue weighted by molar-refractivity contribution is 7.89. The Morgan fingerprint density at radius 2 is 1.75 bits per heavy atom. The maximum atomic E-state index is 12.7. The molecule has 0 aliphatic carbocycles. The molecule has 1 aliphatic rings. The molecule has 0 aromatic heterocycles. The number of benzene rings is 1. The van der Waals surface area contributed by atoms with E-state index in [1.807, 2.05) is 27.7 Å². The second-order valence-corrected chi connectivity index (χ2v) is 7.47. The Balaban J connectivity index is 2.40. The molecule has 0 saturated carbocycles. The minimum absolute atomic E-state index is 0.0996. The smallest absolute Gasteiger partial charge is 0.243 e. The predicted molar refractivity (Wildman–Crippen MR) is 79.1 cm³/mol. The number of nitrogens with two attached hydrogens (primary N) is 1. The standard InChI is InChI=1S/C14H22N2O3S/c1-9-5-13(6-14(15)12(9)4)20(17,18)16-7-10(2)19-11(3)8-16/h5-6,10-11H,7-8,15H2,1-4H3. The van der Waals surface area contributed by atoms with Crippen molar-refractivity contribution in [3.05, 3.63) is 23.3 Å². The highest BCUT2D eigenvalue weighted by atomic mass is 32.2. The maximum Gasteiger partial charge on any atom is 0.243 e. The fourth-order valence-corrected chi connectivity index (χ4v) is 4.19. The molecule has 20 heavy (non-hydrogen) atoms. The number of nitrogen functional groups attached to an aromatic ring is 1. The van der Waals surface area contributed by atoms with E-state index in [0.717, 1.165) is 11.1 Å². The van der Waals surface area contributed by atoms with E-state index < -0.39 is 10.0 Å². The highest BCUT2D eigenvalue weighted by Gasteiger charge is 2.32. The molecule has 112 valence electrons. The quantitative estimate of drug-likeness (QED) is 0.843. The van der Waals surface area contributed by atoms with Gasteiger partial charge in [-0.05, 0) is 51.0 Å². The first-order valence-electron chi connectivity index (χ1n) is 6.74. The Morgan fingerprint density at radius 1 is 1.20 bits per heavy atom. The lowest BCUT2D eigenvalue weighted by molar-refractivity contribution is -0.0440. The summed E-state index contributed by atoms with van der Waals surface area (Å²) in [5.74, 6) is 0. The van der Waals surface area contributed by atoms with E-state index in [0.29, 0.717) is 18.8 Å². The Hall–Kier alpha value is -1.11. The van der Waals surface area contributed by atoms with E-state index in [1.165, 1.54) is 4.31 Å². The van der Waals surface area contributed by atoms with E-state index in [9.17, 15) is 8.42 Å². The van der Waals surface area contributed by atoms with Gasteiger partial charge in [0.25, 0.3) is 0 Å². The van der Waals surface area contributed by atoms with Gasteiger partial charge in [0.1, 0.15) is 0 Å². The van der Waals surface area contributed by atoms with Gasteiger partial charge < -0.3 is 10.5 Å². The van der Waals surface area contributed by atoms with Crippen molar-refractivity contribution in [3.8, 4) is 0 Å². The van der Waals surface area contributed by atoms with E-state index in [-0.39, 0.29) is 17.1 Å². The first-order valence-corrected chi connectivity index (χ1v) is 8.18. The van der Waals surface area contributed by atoms with Gasteiger partial charge in [0.05, 0.1) is 17.1 Å². The summed E-state index contributed by atoms with van der Waals surface area (Å²) in [5.41, 5.74) is 8.22. The molecule has 0 radical (unpaired) electrons. The summed E-state index contributed by atoms with van der Waals surface area (Å²) < 4.78 is 32.5. The Labute approximate surface area is 120 Å². The Morgan fingerprint density at radius 3 is 2.25 bits per heavy atom. The normalized spacial score (nSPS) is 24.8. The fourth-order valence-electron chi connectivity index (χ4n) is 2.48. The first kappa shape index (κ1) is 15.3. The lowest BCUT2D eigenvalue weighted by atomic mass is 10.1. The van der Waals surface area contributed by atoms with Crippen LogP contribution < -0.4 is 5.73 Å². The van der Waals surface area contributed by atoms with Crippen molar-refractivity contribution < 1.29 is 13.2 Å². The van der Waals surface area contributed by atoms with Crippen molar-refractivity contribution in [2.24, 2.45) is 0 Å². The maximum absolute atomic E-state index is 12.7. The molecule has 5 nitrogen and oxygen atoms in total. The van der Waals surface area contributed by atoms with Gasteiger partial charge in [-0.1, -0.05) is 0 Å². The van der Waals surface area contributed by atoms with E-state index in [1.54, 1.807) is 12.1 Å². The summed E-state index contributed by atoms with van der Waals surface area (Å²) in [6, 6.07) is 3.23. The molecule has 2 rings (SSSR count). The minimum Gasteiger partial charge on any atom is -0.398 e. The molecular weight excluding hydrogens is 276 g/mol. The van der Waals surface area contributed by atoms with E-state index in [4.69, 9.17) is 10.5 Å². The predicted octanol–water partition coefficient (Wildman–Crippen LogP) is 1.68. The average Bonchev–Trinajstić information content (AvgIpc) is 2.34. The average molecular weight is 298 g/mol. The van der Waals surface area contributed by atoms with Crippen LogP contribution in [0.15, 0.2) is 17.0 Å². The molecule has 1 aliphatic heterocycles. The van der Waals surface area contributed by atoms with E-state index in [2.05, 4.69) is 0 Å². The van der Waals surface area contributed by atoms with Crippen LogP contribution in [0.3, 0.4) is 0 Å². The number of aryl methyl sites for hydroxylation is 1. The number of anilines is 1. The van der Waals surface area contributed by atoms with E-state index >= 15 is 0 Å². The Bertz CT molecular complexity index is 580. The second-order valence-electron chi connectivity index (χ2n) is 5.53. The van der Waals surface area contributed by atoms with Gasteiger partial charge in [-0.2, -0.15) is 4.31 Å². The van der Waals surface area contributed by atoms with Gasteiger partial charge in [0.15, 0.2) is 0 Å². The van der Waals surface area contributed by atoms with Crippen LogP contribution in [0.2, 0.25) is 0 Å². The van der Waals surface area contributed by atoms with Crippen LogP contribution in [0.25, 0.3) is 0 Å². The summed E-state index contributed by atoms with van der Waals surface area (Å²) in [5, 5.41) is 0. The van der Waals surface area contributed by atoms with Gasteiger partial charge in [0, 0.05) is 18.8 Å². The first-order chi connectivity index (χ1) is 9.21. The molecule has 6 heteroatoms. The third-order valence-electron chi connectivity index (χ3n) is 3.70. The summed E-state index contributed by atoms with van der Waals surface area (Å²) in [4.78, 5) is 0.263. The lowest BCUT2D eigenvalue weighted by Gasteiger charge is -2.34. The molecule has 2 atom stereocenters. The molecule has 0 spiro atoms. The molecule has 1 aromatic rings. The lowest BCUT2D eigenvalue weighted by Crippen LogP contribution is -2.48. The largest absolute Gasteiger partial charge is 0.398 e. The van der Waals surface area contributed by atoms with Crippen molar-refractivity contribution in [2.75, 3.05) is 18.8 Å². The Kier molecular flexibility index (Phi) is 4.09. The minimum atomic E-state index is -3.52. The number of rotatable bonds is 2. The number of nitrogens with zero attached hydrogens (tertiary/aromatic N) is 1. The van der Waals surface area contributed by atoms with Crippen LogP contribution in [0.5, 0.6) is 0 Å². The molecule has 1 fully saturated rings. The van der Waals surface area contributed by atoms with Crippen LogP contribution in [0, 0.1) is 13.8 Å². The summed E-state index contributed by atoms with van der Waals surface area (Å²) in [7, 11) is -3.52. The number of sulfonamides is 1. The SMILES string of the molecule is Cc1cc(S(=O)(=O)N2CC(C)OC(C)C2)cc(N)c1C. The van der Waals surface area contributed by atoms with Crippen molar-refractivity contribution in [3.63, 3.8) is 0 Å². The molecule has 1 saturated heterocycles. The van der Waals surface area contributed by atoms with Crippen LogP contribution >= 0.6 is 0 Å². The van der Waals surface area contributed by atoms with Gasteiger partial charge >= 0.3 is 0 Å². The van der Waals surface area contributed by atoms with Gasteiger partial charge in [-0.3, -0.25) is 0 Å². The van der Waals surface area contributed by atoms with Crippen LogP contribution in [0.1, 0.15) is 25.0 Å². The molecule has 0 amide bonds. The zero-order valence-electron chi connectivity index (χ0n) is 12.4. The zero-order chi connectivity index (χ0) is 15.1. The van der Waals surface area contributed by atoms with Crippen LogP contribution in [-0.2, 0) is 14.8 Å². The molecule has 2 N–H and O–H groups in total. The number of ether oxygens (including phenoxy) is 1. The monoisotopic (exact) mass is 298 g/mol. The van der Waals surface area contributed by atoms with Crippen LogP contribution in [0.4, 0.5) is 5.69 Å². The number of hydrogen-bond donors (Lipinski definition) is 1. The number of hydrogen-bond acceptors (Lipinski definition) is 4. The molecular formula is C14H22N2O3S. The van der Waals surface area contributed by atoms with Crippen molar-refractivity contribution >= 4 is 15.7 Å². The highest BCUT2D eigenvalue weighted by Crippen LogP contribution is 2.26. The molecule has 1 aromatic carbocycles. The van der Waals surface area contributed by atoms with Gasteiger partial charge in [-0.15, -0.1) is 0 Å². The summed E-state index contributed by atoms with van der Waals surface area (Å²) in [6.07, 6.45) is -0.199. The van der Waals surface area contributed by atoms with Crippen molar-refractivity contribution in [1.82, 2.24) is 4.31 Å². The molecule has 1 heterocycles. The topological polar surface area (TPSA) is 72.6 Å². The molecule has 0 bridgehead atoms. The zero-order valence-corrected chi connectivity index (χ0v) is 13.2. The third-order valence-corrected chi connectivity index (χ3v) is 5.51.